The fourth-order valence-electron chi connectivity index (χ4n) is 9.33. The molecule has 6 heteroatoms. The number of fused-ring (bicyclic) bond motifs is 13. The Morgan fingerprint density at radius 1 is 0.351 bits per heavy atom. The smallest absolute Gasteiger partial charge is 0.248 e. The molecule has 266 valence electrons. The summed E-state index contributed by atoms with van der Waals surface area (Å²) in [5, 5.41) is 5.90. The van der Waals surface area contributed by atoms with Crippen molar-refractivity contribution in [3.63, 3.8) is 0 Å². The second kappa shape index (κ2) is 11.4. The normalized spacial score (nSPS) is 12.2. The number of para-hydroxylation sites is 6. The van der Waals surface area contributed by atoms with Gasteiger partial charge in [0.2, 0.25) is 11.5 Å². The average Bonchev–Trinajstić information content (AvgIpc) is 4.06. The molecular formula is C51H31N5O. The number of hydrogen-bond acceptors (Lipinski definition) is 2. The fraction of sp³-hybridized carbons (Fsp3) is 0. The number of benzene rings is 8. The molecule has 0 fully saturated rings. The second-order valence-corrected chi connectivity index (χ2v) is 14.8. The first kappa shape index (κ1) is 30.5. The van der Waals surface area contributed by atoms with Crippen molar-refractivity contribution >= 4 is 82.6 Å². The molecule has 8 aromatic carbocycles. The van der Waals surface area contributed by atoms with E-state index in [1.54, 1.807) is 0 Å². The Bertz CT molecular complexity index is 3750. The van der Waals surface area contributed by atoms with Crippen molar-refractivity contribution in [2.24, 2.45) is 0 Å². The van der Waals surface area contributed by atoms with Gasteiger partial charge in [0, 0.05) is 44.0 Å². The third-order valence-corrected chi connectivity index (χ3v) is 11.8. The van der Waals surface area contributed by atoms with Gasteiger partial charge in [-0.3, -0.25) is 8.97 Å². The highest BCUT2D eigenvalue weighted by Crippen LogP contribution is 2.40. The van der Waals surface area contributed by atoms with E-state index in [4.69, 9.17) is 9.40 Å². The fourth-order valence-corrected chi connectivity index (χ4v) is 9.33. The molecule has 0 spiro atoms. The van der Waals surface area contributed by atoms with Gasteiger partial charge in [0.25, 0.3) is 0 Å². The Labute approximate surface area is 325 Å². The second-order valence-electron chi connectivity index (χ2n) is 14.8. The molecule has 6 nitrogen and oxygen atoms in total. The van der Waals surface area contributed by atoms with Gasteiger partial charge in [-0.15, -0.1) is 0 Å². The monoisotopic (exact) mass is 729 g/mol. The minimum atomic E-state index is 0.640. The van der Waals surface area contributed by atoms with Crippen molar-refractivity contribution in [2.75, 3.05) is 0 Å². The molecule has 0 aliphatic heterocycles. The van der Waals surface area contributed by atoms with Gasteiger partial charge in [-0.25, -0.2) is 0 Å². The number of rotatable bonds is 4. The number of nitrogens with zero attached hydrogens (tertiary/aromatic N) is 5. The molecule has 0 aliphatic carbocycles. The maximum atomic E-state index is 6.30. The summed E-state index contributed by atoms with van der Waals surface area (Å²) in [4.78, 5) is 5.13. The molecule has 13 rings (SSSR count). The molecule has 0 saturated heterocycles. The molecule has 5 heterocycles. The van der Waals surface area contributed by atoms with Crippen LogP contribution in [0.1, 0.15) is 0 Å². The SMILES string of the molecule is c1ccc(-n2c3ccccc3c3cc(-c4ccc5c(c4)c4cc(-n6c7ccccc7n7c8c(nc67)oc6ccccc68)ccc4n5-c4ccccc4)ccc32)cc1. The zero-order chi connectivity index (χ0) is 37.2. The highest BCUT2D eigenvalue weighted by Gasteiger charge is 2.23. The first-order valence-electron chi connectivity index (χ1n) is 19.3. The quantitative estimate of drug-likeness (QED) is 0.181. The molecule has 0 unspecified atom stereocenters. The standard InChI is InChI=1S/C51H31N5O/c1-3-13-34(14-4-1)53-42-19-9-7-17-37(42)39-29-32(23-26-43(39)53)33-24-27-44-40(30-33)41-31-36(25-28-45(41)54(44)35-15-5-2-6-16-35)55-46-20-10-11-21-47(46)56-49-38-18-8-12-22-48(38)57-50(49)52-51(55)56/h1-31H. The largest absolute Gasteiger partial charge is 0.436 e. The van der Waals surface area contributed by atoms with Crippen LogP contribution in [0.15, 0.2) is 192 Å². The van der Waals surface area contributed by atoms with E-state index in [2.05, 4.69) is 194 Å². The maximum Gasteiger partial charge on any atom is 0.248 e. The van der Waals surface area contributed by atoms with Crippen LogP contribution in [0.3, 0.4) is 0 Å². The third kappa shape index (κ3) is 4.21. The summed E-state index contributed by atoms with van der Waals surface area (Å²) >= 11 is 0. The van der Waals surface area contributed by atoms with Crippen molar-refractivity contribution in [1.29, 1.82) is 0 Å². The van der Waals surface area contributed by atoms with Gasteiger partial charge >= 0.3 is 0 Å². The van der Waals surface area contributed by atoms with Gasteiger partial charge in [0.1, 0.15) is 11.1 Å². The highest BCUT2D eigenvalue weighted by atomic mass is 16.3. The van der Waals surface area contributed by atoms with Gasteiger partial charge in [0.15, 0.2) is 0 Å². The molecule has 0 radical (unpaired) electrons. The van der Waals surface area contributed by atoms with Crippen LogP contribution in [0.2, 0.25) is 0 Å². The van der Waals surface area contributed by atoms with Gasteiger partial charge in [0.05, 0.1) is 33.1 Å². The molecule has 0 bridgehead atoms. The Morgan fingerprint density at radius 3 is 1.54 bits per heavy atom. The number of hydrogen-bond donors (Lipinski definition) is 0. The Hall–Kier alpha value is -7.83. The first-order valence-corrected chi connectivity index (χ1v) is 19.3. The van der Waals surface area contributed by atoms with E-state index < -0.39 is 0 Å². The van der Waals surface area contributed by atoms with E-state index in [9.17, 15) is 0 Å². The van der Waals surface area contributed by atoms with E-state index in [-0.39, 0.29) is 0 Å². The van der Waals surface area contributed by atoms with Crippen LogP contribution in [0.4, 0.5) is 0 Å². The minimum Gasteiger partial charge on any atom is -0.436 e. The van der Waals surface area contributed by atoms with E-state index in [1.807, 2.05) is 12.1 Å². The molecule has 5 aromatic heterocycles. The molecular weight excluding hydrogens is 699 g/mol. The van der Waals surface area contributed by atoms with Crippen LogP contribution in [0, 0.1) is 0 Å². The summed E-state index contributed by atoms with van der Waals surface area (Å²) in [6.45, 7) is 0. The molecule has 0 N–H and O–H groups in total. The summed E-state index contributed by atoms with van der Waals surface area (Å²) in [7, 11) is 0. The summed E-state index contributed by atoms with van der Waals surface area (Å²) in [6, 6.07) is 67.4. The summed E-state index contributed by atoms with van der Waals surface area (Å²) in [6.07, 6.45) is 0. The van der Waals surface area contributed by atoms with Crippen molar-refractivity contribution < 1.29 is 4.42 Å². The molecule has 57 heavy (non-hydrogen) atoms. The minimum absolute atomic E-state index is 0.640. The Kier molecular flexibility index (Phi) is 6.07. The van der Waals surface area contributed by atoms with Crippen LogP contribution in [0.25, 0.3) is 111 Å². The summed E-state index contributed by atoms with van der Waals surface area (Å²) in [5.74, 6) is 0.825. The topological polar surface area (TPSA) is 45.2 Å². The lowest BCUT2D eigenvalue weighted by atomic mass is 10.0. The highest BCUT2D eigenvalue weighted by molar-refractivity contribution is 6.13. The summed E-state index contributed by atoms with van der Waals surface area (Å²) in [5.41, 5.74) is 15.0. The lowest BCUT2D eigenvalue weighted by Crippen LogP contribution is -1.96. The Balaban J connectivity index is 1.06. The van der Waals surface area contributed by atoms with Crippen molar-refractivity contribution in [3.8, 4) is 28.2 Å². The molecule has 0 amide bonds. The Morgan fingerprint density at radius 2 is 0.860 bits per heavy atom. The third-order valence-electron chi connectivity index (χ3n) is 11.8. The predicted octanol–water partition coefficient (Wildman–Crippen LogP) is 13.0. The van der Waals surface area contributed by atoms with E-state index in [0.29, 0.717) is 5.71 Å². The van der Waals surface area contributed by atoms with Crippen molar-refractivity contribution in [2.45, 2.75) is 0 Å². The molecule has 0 atom stereocenters. The molecule has 0 saturated carbocycles. The van der Waals surface area contributed by atoms with Gasteiger partial charge in [-0.05, 0) is 108 Å². The van der Waals surface area contributed by atoms with Crippen molar-refractivity contribution in [3.05, 3.63) is 188 Å². The van der Waals surface area contributed by atoms with Crippen LogP contribution < -0.4 is 0 Å². The maximum absolute atomic E-state index is 6.30. The van der Waals surface area contributed by atoms with Gasteiger partial charge in [-0.1, -0.05) is 91.0 Å². The van der Waals surface area contributed by atoms with E-state index in [0.717, 1.165) is 61.4 Å². The van der Waals surface area contributed by atoms with Gasteiger partial charge in [-0.2, -0.15) is 4.98 Å². The molecule has 13 aromatic rings. The number of furan rings is 1. The zero-order valence-corrected chi connectivity index (χ0v) is 30.5. The van der Waals surface area contributed by atoms with Crippen LogP contribution in [-0.4, -0.2) is 23.1 Å². The van der Waals surface area contributed by atoms with Crippen LogP contribution in [-0.2, 0) is 0 Å². The van der Waals surface area contributed by atoms with Crippen molar-refractivity contribution in [1.82, 2.24) is 23.1 Å². The van der Waals surface area contributed by atoms with E-state index >= 15 is 0 Å². The summed E-state index contributed by atoms with van der Waals surface area (Å²) < 4.78 is 15.6. The molecule has 0 aliphatic rings. The lowest BCUT2D eigenvalue weighted by molar-refractivity contribution is 0.656. The van der Waals surface area contributed by atoms with Crippen LogP contribution >= 0.6 is 0 Å². The predicted molar refractivity (Wildman–Crippen MR) is 233 cm³/mol. The first-order chi connectivity index (χ1) is 28.3. The average molecular weight is 730 g/mol. The van der Waals surface area contributed by atoms with Gasteiger partial charge < -0.3 is 13.6 Å². The zero-order valence-electron chi connectivity index (χ0n) is 30.5. The van der Waals surface area contributed by atoms with Crippen LogP contribution in [0.5, 0.6) is 0 Å². The van der Waals surface area contributed by atoms with E-state index in [1.165, 1.54) is 43.7 Å². The lowest BCUT2D eigenvalue weighted by Gasteiger charge is -2.09. The number of aromatic nitrogens is 5. The number of imidazole rings is 2.